The second kappa shape index (κ2) is 10.5. The number of halogens is 1. The number of amides is 3. The number of benzene rings is 1. The fourth-order valence-corrected chi connectivity index (χ4v) is 3.47. The summed E-state index contributed by atoms with van der Waals surface area (Å²) in [5.74, 6) is 0.546. The molecule has 1 N–H and O–H groups in total. The number of hydrogen-bond donors (Lipinski definition) is 1. The third kappa shape index (κ3) is 6.24. The number of urea groups is 1. The topological polar surface area (TPSA) is 75.0 Å². The van der Waals surface area contributed by atoms with E-state index in [0.29, 0.717) is 29.6 Å². The van der Waals surface area contributed by atoms with E-state index in [4.69, 9.17) is 20.8 Å². The maximum absolute atomic E-state index is 13.2. The van der Waals surface area contributed by atoms with Crippen LogP contribution in [-0.4, -0.2) is 53.6 Å². The van der Waals surface area contributed by atoms with Gasteiger partial charge in [-0.25, -0.2) is 4.79 Å². The molecule has 3 amide bonds. The molecule has 0 spiro atoms. The zero-order valence-corrected chi connectivity index (χ0v) is 18.1. The monoisotopic (exact) mass is 433 g/mol. The molecule has 0 saturated carbocycles. The summed E-state index contributed by atoms with van der Waals surface area (Å²) in [6, 6.07) is 9.99. The number of carbonyl (C=O) groups excluding carboxylic acids is 2. The fourth-order valence-electron chi connectivity index (χ4n) is 3.34. The van der Waals surface area contributed by atoms with Crippen LogP contribution in [-0.2, 0) is 16.1 Å². The first-order valence-corrected chi connectivity index (χ1v) is 10.5. The van der Waals surface area contributed by atoms with Crippen molar-refractivity contribution < 1.29 is 18.7 Å². The first kappa shape index (κ1) is 22.2. The molecule has 2 aromatic rings. The predicted octanol–water partition coefficient (Wildman–Crippen LogP) is 4.38. The van der Waals surface area contributed by atoms with Crippen molar-refractivity contribution in [2.24, 2.45) is 0 Å². The molecule has 162 valence electrons. The molecule has 1 aliphatic rings. The van der Waals surface area contributed by atoms with Crippen LogP contribution in [0.1, 0.15) is 32.4 Å². The number of hydrogen-bond acceptors (Lipinski definition) is 4. The third-order valence-electron chi connectivity index (χ3n) is 5.01. The highest BCUT2D eigenvalue weighted by atomic mass is 35.5. The predicted molar refractivity (Wildman–Crippen MR) is 115 cm³/mol. The molecule has 0 bridgehead atoms. The van der Waals surface area contributed by atoms with Gasteiger partial charge in [-0.15, -0.1) is 0 Å². The van der Waals surface area contributed by atoms with Gasteiger partial charge in [0, 0.05) is 29.9 Å². The molecule has 1 aliphatic heterocycles. The van der Waals surface area contributed by atoms with Crippen LogP contribution in [0.5, 0.6) is 0 Å². The Morgan fingerprint density at radius 2 is 2.00 bits per heavy atom. The fraction of sp³-hybridized carbons (Fsp3) is 0.455. The molecule has 0 radical (unpaired) electrons. The highest BCUT2D eigenvalue weighted by Crippen LogP contribution is 2.17. The van der Waals surface area contributed by atoms with E-state index in [1.54, 1.807) is 41.5 Å². The van der Waals surface area contributed by atoms with E-state index in [2.05, 4.69) is 5.32 Å². The lowest BCUT2D eigenvalue weighted by molar-refractivity contribution is -0.134. The number of ether oxygens (including phenoxy) is 1. The van der Waals surface area contributed by atoms with Crippen LogP contribution in [0.25, 0.3) is 0 Å². The summed E-state index contributed by atoms with van der Waals surface area (Å²) in [6.07, 6.45) is 3.52. The van der Waals surface area contributed by atoms with Gasteiger partial charge in [-0.2, -0.15) is 0 Å². The molecule has 1 aromatic carbocycles. The van der Waals surface area contributed by atoms with Crippen molar-refractivity contribution >= 4 is 29.2 Å². The van der Waals surface area contributed by atoms with Crippen LogP contribution in [0.15, 0.2) is 47.1 Å². The zero-order chi connectivity index (χ0) is 21.5. The molecular formula is C22H28ClN3O4. The smallest absolute Gasteiger partial charge is 0.322 e. The van der Waals surface area contributed by atoms with E-state index < -0.39 is 0 Å². The van der Waals surface area contributed by atoms with Gasteiger partial charge in [0.1, 0.15) is 12.3 Å². The quantitative estimate of drug-likeness (QED) is 0.670. The van der Waals surface area contributed by atoms with Gasteiger partial charge >= 0.3 is 6.03 Å². The molecule has 2 heterocycles. The van der Waals surface area contributed by atoms with Crippen molar-refractivity contribution in [3.63, 3.8) is 0 Å². The Kier molecular flexibility index (Phi) is 7.76. The van der Waals surface area contributed by atoms with Gasteiger partial charge in [0.15, 0.2) is 0 Å². The van der Waals surface area contributed by atoms with Gasteiger partial charge in [0.2, 0.25) is 5.91 Å². The molecule has 3 rings (SSSR count). The lowest BCUT2D eigenvalue weighted by Gasteiger charge is -2.30. The van der Waals surface area contributed by atoms with E-state index >= 15 is 0 Å². The molecule has 1 saturated heterocycles. The molecule has 0 aliphatic carbocycles. The van der Waals surface area contributed by atoms with Crippen LogP contribution in [0.2, 0.25) is 5.02 Å². The van der Waals surface area contributed by atoms with Gasteiger partial charge < -0.3 is 24.3 Å². The summed E-state index contributed by atoms with van der Waals surface area (Å²) in [6.45, 7) is 5.26. The van der Waals surface area contributed by atoms with Gasteiger partial charge in [-0.3, -0.25) is 4.79 Å². The summed E-state index contributed by atoms with van der Waals surface area (Å²) in [4.78, 5) is 29.2. The summed E-state index contributed by atoms with van der Waals surface area (Å²) < 4.78 is 11.1. The maximum Gasteiger partial charge on any atom is 0.322 e. The number of nitrogens with zero attached hydrogens (tertiary/aromatic N) is 2. The zero-order valence-electron chi connectivity index (χ0n) is 17.3. The molecule has 1 fully saturated rings. The molecule has 1 atom stereocenters. The minimum atomic E-state index is -0.337. The van der Waals surface area contributed by atoms with E-state index in [1.807, 2.05) is 19.9 Å². The van der Waals surface area contributed by atoms with E-state index in [0.717, 1.165) is 19.4 Å². The standard InChI is InChI=1S/C22H28ClN3O4/c1-16(2)26(22(28)24-18-9-7-17(23)8-10-18)15-21(27)25(13-19-5-3-11-29-19)14-20-6-4-12-30-20/h3,5,7-11,16,20H,4,6,12-15H2,1-2H3,(H,24,28). The van der Waals surface area contributed by atoms with Crippen molar-refractivity contribution in [3.8, 4) is 0 Å². The van der Waals surface area contributed by atoms with Crippen LogP contribution in [0.3, 0.4) is 0 Å². The van der Waals surface area contributed by atoms with Crippen LogP contribution >= 0.6 is 11.6 Å². The van der Waals surface area contributed by atoms with Gasteiger partial charge in [0.05, 0.1) is 18.9 Å². The Morgan fingerprint density at radius 3 is 2.60 bits per heavy atom. The number of rotatable bonds is 8. The lowest BCUT2D eigenvalue weighted by Crippen LogP contribution is -2.48. The maximum atomic E-state index is 13.2. The highest BCUT2D eigenvalue weighted by molar-refractivity contribution is 6.30. The van der Waals surface area contributed by atoms with E-state index in [-0.39, 0.29) is 30.6 Å². The molecule has 1 aromatic heterocycles. The minimum Gasteiger partial charge on any atom is -0.467 e. The van der Waals surface area contributed by atoms with Crippen molar-refractivity contribution in [1.82, 2.24) is 9.80 Å². The van der Waals surface area contributed by atoms with Crippen molar-refractivity contribution in [3.05, 3.63) is 53.4 Å². The Bertz CT molecular complexity index is 817. The third-order valence-corrected chi connectivity index (χ3v) is 5.26. The van der Waals surface area contributed by atoms with Crippen molar-refractivity contribution in [1.29, 1.82) is 0 Å². The summed E-state index contributed by atoms with van der Waals surface area (Å²) >= 11 is 5.90. The summed E-state index contributed by atoms with van der Waals surface area (Å²) in [7, 11) is 0. The Hall–Kier alpha value is -2.51. The minimum absolute atomic E-state index is 0.0132. The Morgan fingerprint density at radius 1 is 1.23 bits per heavy atom. The number of carbonyl (C=O) groups is 2. The Labute approximate surface area is 181 Å². The average Bonchev–Trinajstić information content (AvgIpc) is 3.41. The van der Waals surface area contributed by atoms with Crippen molar-refractivity contribution in [2.75, 3.05) is 25.0 Å². The second-order valence-corrected chi connectivity index (χ2v) is 8.08. The first-order valence-electron chi connectivity index (χ1n) is 10.2. The molecule has 1 unspecified atom stereocenters. The molecular weight excluding hydrogens is 406 g/mol. The van der Waals surface area contributed by atoms with Gasteiger partial charge in [-0.1, -0.05) is 11.6 Å². The van der Waals surface area contributed by atoms with Gasteiger partial charge in [-0.05, 0) is 63.1 Å². The number of anilines is 1. The lowest BCUT2D eigenvalue weighted by atomic mass is 10.2. The Balaban J connectivity index is 1.67. The largest absolute Gasteiger partial charge is 0.467 e. The highest BCUT2D eigenvalue weighted by Gasteiger charge is 2.27. The van der Waals surface area contributed by atoms with Crippen LogP contribution in [0.4, 0.5) is 10.5 Å². The van der Waals surface area contributed by atoms with E-state index in [1.165, 1.54) is 4.90 Å². The molecule has 7 nitrogen and oxygen atoms in total. The first-order chi connectivity index (χ1) is 14.4. The van der Waals surface area contributed by atoms with Crippen molar-refractivity contribution in [2.45, 2.75) is 45.4 Å². The average molecular weight is 434 g/mol. The van der Waals surface area contributed by atoms with Gasteiger partial charge in [0.25, 0.3) is 0 Å². The van der Waals surface area contributed by atoms with Crippen LogP contribution < -0.4 is 5.32 Å². The SMILES string of the molecule is CC(C)N(CC(=O)N(Cc1ccco1)CC1CCCO1)C(=O)Nc1ccc(Cl)cc1. The number of nitrogens with one attached hydrogen (secondary N) is 1. The van der Waals surface area contributed by atoms with E-state index in [9.17, 15) is 9.59 Å². The summed E-state index contributed by atoms with van der Waals surface area (Å²) in [5.41, 5.74) is 0.620. The molecule has 30 heavy (non-hydrogen) atoms. The van der Waals surface area contributed by atoms with Crippen LogP contribution in [0, 0.1) is 0 Å². The molecule has 8 heteroatoms. The number of furan rings is 1. The normalized spacial score (nSPS) is 15.9. The summed E-state index contributed by atoms with van der Waals surface area (Å²) in [5, 5.41) is 3.42. The second-order valence-electron chi connectivity index (χ2n) is 7.65.